The van der Waals surface area contributed by atoms with Gasteiger partial charge >= 0.3 is 5.97 Å². The molecule has 2 aliphatic rings. The lowest BCUT2D eigenvalue weighted by Gasteiger charge is -2.17. The minimum Gasteiger partial charge on any atom is -0.478 e. The summed E-state index contributed by atoms with van der Waals surface area (Å²) in [7, 11) is 0. The van der Waals surface area contributed by atoms with Gasteiger partial charge in [-0.1, -0.05) is 0 Å². The Labute approximate surface area is 180 Å². The van der Waals surface area contributed by atoms with E-state index in [4.69, 9.17) is 9.47 Å². The van der Waals surface area contributed by atoms with Crippen LogP contribution >= 0.6 is 0 Å². The van der Waals surface area contributed by atoms with Gasteiger partial charge in [-0.3, -0.25) is 4.57 Å². The number of aromatic nitrogens is 6. The number of carboxylic acid groups (broad SMARTS) is 1. The Balaban J connectivity index is 1.61. The summed E-state index contributed by atoms with van der Waals surface area (Å²) in [6.45, 7) is 0.134. The molecule has 3 aromatic rings. The van der Waals surface area contributed by atoms with Gasteiger partial charge in [0.25, 0.3) is 5.95 Å². The van der Waals surface area contributed by atoms with Gasteiger partial charge < -0.3 is 35.2 Å². The molecule has 2 fully saturated rings. The topological polar surface area (TPSA) is 190 Å². The maximum absolute atomic E-state index is 11.2. The molecule has 5 rings (SSSR count). The highest BCUT2D eigenvalue weighted by atomic mass is 16.6. The molecule has 0 amide bonds. The van der Waals surface area contributed by atoms with Crippen molar-refractivity contribution >= 4 is 23.0 Å². The minimum atomic E-state index is -1.33. The number of ether oxygens (including phenoxy) is 2. The van der Waals surface area contributed by atoms with Gasteiger partial charge in [0.2, 0.25) is 0 Å². The Bertz CT molecular complexity index is 1140. The quantitative estimate of drug-likeness (QED) is 0.306. The Morgan fingerprint density at radius 2 is 2.12 bits per heavy atom. The maximum Gasteiger partial charge on any atom is 0.338 e. The Kier molecular flexibility index (Phi) is 5.22. The highest BCUT2D eigenvalue weighted by Gasteiger charge is 2.44. The van der Waals surface area contributed by atoms with Gasteiger partial charge in [-0.25, -0.2) is 14.5 Å². The summed E-state index contributed by atoms with van der Waals surface area (Å²) in [5.74, 6) is -0.764. The first-order chi connectivity index (χ1) is 15.5. The maximum atomic E-state index is 11.2. The number of aliphatic hydroxyl groups is 3. The van der Waals surface area contributed by atoms with E-state index in [1.165, 1.54) is 28.0 Å². The molecule has 2 saturated heterocycles. The average molecular weight is 447 g/mol. The molecule has 32 heavy (non-hydrogen) atoms. The standard InChI is InChI=1S/C18H21N7O7/c26-6-9-12(27)13(28)16(32-9)24-7-19-11-14(21-10-2-1-3-31-10)22-18(23-15(11)24)25-5-8(4-20-25)17(29)30/h4-5,7,9-10,12-13,16,26-28H,1-3,6H2,(H,29,30)(H,21,22,23)/t9-,10-,12-,13-,16-/m1/s1. The van der Waals surface area contributed by atoms with Crippen LogP contribution in [0.2, 0.25) is 0 Å². The number of nitrogens with zero attached hydrogens (tertiary/aromatic N) is 6. The third-order valence-corrected chi connectivity index (χ3v) is 5.46. The molecule has 0 bridgehead atoms. The first-order valence-corrected chi connectivity index (χ1v) is 9.99. The third-order valence-electron chi connectivity index (χ3n) is 5.46. The fourth-order valence-corrected chi connectivity index (χ4v) is 3.79. The van der Waals surface area contributed by atoms with Gasteiger partial charge in [-0.2, -0.15) is 15.1 Å². The van der Waals surface area contributed by atoms with Crippen LogP contribution in [0.25, 0.3) is 17.1 Å². The largest absolute Gasteiger partial charge is 0.478 e. The van der Waals surface area contributed by atoms with E-state index in [0.717, 1.165) is 12.8 Å². The van der Waals surface area contributed by atoms with E-state index in [9.17, 15) is 25.2 Å². The summed E-state index contributed by atoms with van der Waals surface area (Å²) in [5, 5.41) is 46.4. The van der Waals surface area contributed by atoms with E-state index in [1.807, 2.05) is 0 Å². The Morgan fingerprint density at radius 1 is 1.28 bits per heavy atom. The molecule has 0 aromatic carbocycles. The molecule has 5 N–H and O–H groups in total. The van der Waals surface area contributed by atoms with Crippen LogP contribution < -0.4 is 5.32 Å². The van der Waals surface area contributed by atoms with Gasteiger partial charge in [-0.15, -0.1) is 0 Å². The molecule has 5 atom stereocenters. The van der Waals surface area contributed by atoms with E-state index in [1.54, 1.807) is 0 Å². The van der Waals surface area contributed by atoms with Crippen LogP contribution in [0.3, 0.4) is 0 Å². The fourth-order valence-electron chi connectivity index (χ4n) is 3.79. The highest BCUT2D eigenvalue weighted by Crippen LogP contribution is 2.33. The summed E-state index contributed by atoms with van der Waals surface area (Å²) in [6, 6.07) is 0. The van der Waals surface area contributed by atoms with Crippen molar-refractivity contribution in [2.75, 3.05) is 18.5 Å². The molecular weight excluding hydrogens is 426 g/mol. The number of imidazole rings is 1. The second kappa shape index (κ2) is 8.07. The molecule has 170 valence electrons. The van der Waals surface area contributed by atoms with Gasteiger partial charge in [-0.05, 0) is 12.8 Å². The zero-order valence-electron chi connectivity index (χ0n) is 16.6. The van der Waals surface area contributed by atoms with Crippen molar-refractivity contribution < 1.29 is 34.7 Å². The molecular formula is C18H21N7O7. The van der Waals surface area contributed by atoms with Crippen LogP contribution in [-0.4, -0.2) is 93.4 Å². The summed E-state index contributed by atoms with van der Waals surface area (Å²) >= 11 is 0. The van der Waals surface area contributed by atoms with Crippen LogP contribution in [0.1, 0.15) is 29.4 Å². The number of carboxylic acids is 1. The summed E-state index contributed by atoms with van der Waals surface area (Å²) in [6.07, 6.45) is 0.540. The fraction of sp³-hybridized carbons (Fsp3) is 0.500. The lowest BCUT2D eigenvalue weighted by Crippen LogP contribution is -2.33. The van der Waals surface area contributed by atoms with Crippen molar-refractivity contribution in [3.8, 4) is 5.95 Å². The first kappa shape index (κ1) is 20.7. The van der Waals surface area contributed by atoms with E-state index in [2.05, 4.69) is 25.4 Å². The van der Waals surface area contributed by atoms with Crippen LogP contribution in [0, 0.1) is 0 Å². The number of aliphatic hydroxyl groups excluding tert-OH is 3. The monoisotopic (exact) mass is 447 g/mol. The SMILES string of the molecule is O=C(O)c1cnn(-c2nc(N[C@H]3CCCO3)c3ncn([C@@H]4O[C@H](CO)[C@@H](O)[C@H]4O)c3n2)c1. The summed E-state index contributed by atoms with van der Waals surface area (Å²) in [4.78, 5) is 24.5. The van der Waals surface area contributed by atoms with Crippen LogP contribution in [-0.2, 0) is 9.47 Å². The third kappa shape index (κ3) is 3.47. The molecule has 2 aliphatic heterocycles. The number of rotatable bonds is 6. The van der Waals surface area contributed by atoms with Gasteiger partial charge in [0.15, 0.2) is 23.2 Å². The highest BCUT2D eigenvalue weighted by molar-refractivity contribution is 5.87. The zero-order chi connectivity index (χ0) is 22.4. The van der Waals surface area contributed by atoms with Crippen molar-refractivity contribution in [2.45, 2.75) is 43.6 Å². The predicted octanol–water partition coefficient (Wildman–Crippen LogP) is -1.13. The number of anilines is 1. The van der Waals surface area contributed by atoms with E-state index in [-0.39, 0.29) is 23.4 Å². The van der Waals surface area contributed by atoms with Crippen LogP contribution in [0.5, 0.6) is 0 Å². The average Bonchev–Trinajstić information content (AvgIpc) is 3.56. The summed E-state index contributed by atoms with van der Waals surface area (Å²) < 4.78 is 13.9. The molecule has 0 unspecified atom stereocenters. The number of carbonyl (C=O) groups is 1. The van der Waals surface area contributed by atoms with Crippen molar-refractivity contribution in [1.29, 1.82) is 0 Å². The van der Waals surface area contributed by atoms with Crippen LogP contribution in [0.4, 0.5) is 5.82 Å². The second-order valence-corrected chi connectivity index (χ2v) is 7.55. The van der Waals surface area contributed by atoms with Crippen molar-refractivity contribution in [3.63, 3.8) is 0 Å². The molecule has 0 radical (unpaired) electrons. The molecule has 14 nitrogen and oxygen atoms in total. The predicted molar refractivity (Wildman–Crippen MR) is 105 cm³/mol. The van der Waals surface area contributed by atoms with Gasteiger partial charge in [0.05, 0.1) is 24.7 Å². The molecule has 5 heterocycles. The lowest BCUT2D eigenvalue weighted by molar-refractivity contribution is -0.0511. The summed E-state index contributed by atoms with van der Waals surface area (Å²) in [5.41, 5.74) is 0.560. The van der Waals surface area contributed by atoms with Crippen molar-refractivity contribution in [1.82, 2.24) is 29.3 Å². The van der Waals surface area contributed by atoms with E-state index >= 15 is 0 Å². The number of hydrogen-bond acceptors (Lipinski definition) is 11. The minimum absolute atomic E-state index is 0.0423. The van der Waals surface area contributed by atoms with Gasteiger partial charge in [0.1, 0.15) is 24.5 Å². The molecule has 3 aromatic heterocycles. The normalized spacial score (nSPS) is 27.9. The van der Waals surface area contributed by atoms with Crippen molar-refractivity contribution in [3.05, 3.63) is 24.3 Å². The smallest absolute Gasteiger partial charge is 0.338 e. The molecule has 14 heteroatoms. The number of aromatic carboxylic acids is 1. The second-order valence-electron chi connectivity index (χ2n) is 7.55. The Hall–Kier alpha value is -3.17. The number of nitrogens with one attached hydrogen (secondary N) is 1. The van der Waals surface area contributed by atoms with Crippen LogP contribution in [0.15, 0.2) is 18.7 Å². The van der Waals surface area contributed by atoms with Crippen molar-refractivity contribution in [2.24, 2.45) is 0 Å². The molecule has 0 saturated carbocycles. The van der Waals surface area contributed by atoms with Gasteiger partial charge in [0, 0.05) is 12.8 Å². The number of hydrogen-bond donors (Lipinski definition) is 5. The Morgan fingerprint density at radius 3 is 2.78 bits per heavy atom. The molecule has 0 aliphatic carbocycles. The first-order valence-electron chi connectivity index (χ1n) is 9.99. The lowest BCUT2D eigenvalue weighted by atomic mass is 10.1. The zero-order valence-corrected chi connectivity index (χ0v) is 16.6. The van der Waals surface area contributed by atoms with E-state index < -0.39 is 37.1 Å². The van der Waals surface area contributed by atoms with E-state index in [0.29, 0.717) is 17.9 Å². The number of fused-ring (bicyclic) bond motifs is 1. The molecule has 0 spiro atoms.